The molecule has 0 fully saturated rings. The third kappa shape index (κ3) is 3.71. The highest BCUT2D eigenvalue weighted by molar-refractivity contribution is 7.89. The maximum atomic E-state index is 12.6. The van der Waals surface area contributed by atoms with Crippen molar-refractivity contribution < 1.29 is 13.5 Å². The van der Waals surface area contributed by atoms with E-state index in [-0.39, 0.29) is 11.5 Å². The van der Waals surface area contributed by atoms with E-state index in [1.54, 1.807) is 32.9 Å². The lowest BCUT2D eigenvalue weighted by molar-refractivity contribution is 0.233. The average molecular weight is 300 g/mol. The number of aryl methyl sites for hydroxylation is 2. The summed E-state index contributed by atoms with van der Waals surface area (Å²) in [6, 6.07) is 3.30. The summed E-state index contributed by atoms with van der Waals surface area (Å²) in [4.78, 5) is 0.268. The minimum Gasteiger partial charge on any atom is -0.399 e. The Hall–Kier alpha value is -1.11. The number of benzene rings is 1. The number of rotatable bonds is 6. The molecule has 0 saturated carbocycles. The van der Waals surface area contributed by atoms with Crippen molar-refractivity contribution in [1.82, 2.24) is 4.72 Å². The number of nitrogens with one attached hydrogen (secondary N) is 1. The maximum Gasteiger partial charge on any atom is 0.241 e. The van der Waals surface area contributed by atoms with Crippen molar-refractivity contribution in [3.63, 3.8) is 0 Å². The van der Waals surface area contributed by atoms with Gasteiger partial charge in [-0.05, 0) is 56.9 Å². The van der Waals surface area contributed by atoms with Gasteiger partial charge in [0.25, 0.3) is 0 Å². The van der Waals surface area contributed by atoms with E-state index >= 15 is 0 Å². The van der Waals surface area contributed by atoms with E-state index < -0.39 is 15.6 Å². The number of hydrogen-bond acceptors (Lipinski definition) is 4. The third-order valence-electron chi connectivity index (χ3n) is 3.58. The molecule has 5 nitrogen and oxygen atoms in total. The lowest BCUT2D eigenvalue weighted by Gasteiger charge is -2.29. The summed E-state index contributed by atoms with van der Waals surface area (Å²) < 4.78 is 27.9. The Morgan fingerprint density at radius 2 is 1.80 bits per heavy atom. The zero-order chi connectivity index (χ0) is 15.6. The fourth-order valence-corrected chi connectivity index (χ4v) is 4.29. The van der Waals surface area contributed by atoms with Crippen LogP contribution in [0.4, 0.5) is 5.69 Å². The molecule has 1 atom stereocenters. The molecule has 0 spiro atoms. The molecule has 0 aliphatic carbocycles. The minimum absolute atomic E-state index is 0.0629. The first-order valence-corrected chi connectivity index (χ1v) is 8.15. The Labute approximate surface area is 121 Å². The van der Waals surface area contributed by atoms with Crippen molar-refractivity contribution in [3.8, 4) is 0 Å². The summed E-state index contributed by atoms with van der Waals surface area (Å²) in [7, 11) is -3.65. The van der Waals surface area contributed by atoms with Gasteiger partial charge in [-0.15, -0.1) is 0 Å². The average Bonchev–Trinajstić information content (AvgIpc) is 2.26. The van der Waals surface area contributed by atoms with Gasteiger partial charge in [0, 0.05) is 17.8 Å². The molecule has 0 aliphatic rings. The molecule has 1 rings (SSSR count). The smallest absolute Gasteiger partial charge is 0.241 e. The zero-order valence-electron chi connectivity index (χ0n) is 12.5. The highest BCUT2D eigenvalue weighted by atomic mass is 32.2. The van der Waals surface area contributed by atoms with Gasteiger partial charge in [-0.3, -0.25) is 0 Å². The third-order valence-corrected chi connectivity index (χ3v) is 5.52. The molecule has 0 saturated heterocycles. The summed E-state index contributed by atoms with van der Waals surface area (Å²) in [5, 5.41) is 9.09. The number of nitrogens with two attached hydrogens (primary N) is 1. The van der Waals surface area contributed by atoms with Crippen LogP contribution < -0.4 is 10.5 Å². The molecule has 0 heterocycles. The first-order chi connectivity index (χ1) is 9.15. The van der Waals surface area contributed by atoms with E-state index in [0.29, 0.717) is 29.7 Å². The monoisotopic (exact) mass is 300 g/mol. The zero-order valence-corrected chi connectivity index (χ0v) is 13.3. The van der Waals surface area contributed by atoms with E-state index in [4.69, 9.17) is 10.8 Å². The van der Waals surface area contributed by atoms with Gasteiger partial charge in [0.2, 0.25) is 10.0 Å². The number of sulfonamides is 1. The molecule has 1 aromatic rings. The molecule has 1 unspecified atom stereocenters. The number of aliphatic hydroxyl groups excluding tert-OH is 1. The summed E-state index contributed by atoms with van der Waals surface area (Å²) in [5.41, 5.74) is 6.86. The van der Waals surface area contributed by atoms with Crippen LogP contribution in [0.2, 0.25) is 0 Å². The Balaban J connectivity index is 3.25. The van der Waals surface area contributed by atoms with Crippen LogP contribution in [0.3, 0.4) is 0 Å². The van der Waals surface area contributed by atoms with Gasteiger partial charge in [-0.2, -0.15) is 0 Å². The topological polar surface area (TPSA) is 92.4 Å². The van der Waals surface area contributed by atoms with Gasteiger partial charge in [0.1, 0.15) is 0 Å². The predicted molar refractivity (Wildman–Crippen MR) is 81.0 cm³/mol. The summed E-state index contributed by atoms with van der Waals surface area (Å²) in [6.07, 6.45) is 0.968. The van der Waals surface area contributed by atoms with Crippen LogP contribution in [0, 0.1) is 13.8 Å². The highest BCUT2D eigenvalue weighted by Crippen LogP contribution is 2.25. The van der Waals surface area contributed by atoms with Crippen LogP contribution in [0.5, 0.6) is 0 Å². The summed E-state index contributed by atoms with van der Waals surface area (Å²) >= 11 is 0. The molecule has 114 valence electrons. The molecule has 0 radical (unpaired) electrons. The molecule has 20 heavy (non-hydrogen) atoms. The van der Waals surface area contributed by atoms with Crippen LogP contribution in [-0.4, -0.2) is 25.7 Å². The lowest BCUT2D eigenvalue weighted by atomic mass is 9.97. The van der Waals surface area contributed by atoms with Crippen LogP contribution >= 0.6 is 0 Å². The van der Waals surface area contributed by atoms with Crippen molar-refractivity contribution in [2.24, 2.45) is 0 Å². The minimum atomic E-state index is -3.65. The van der Waals surface area contributed by atoms with E-state index in [1.807, 2.05) is 6.92 Å². The normalized spacial score (nSPS) is 15.1. The quantitative estimate of drug-likeness (QED) is 0.697. The van der Waals surface area contributed by atoms with Crippen molar-refractivity contribution in [2.75, 3.05) is 12.3 Å². The predicted octanol–water partition coefficient (Wildman–Crippen LogP) is 1.72. The van der Waals surface area contributed by atoms with Crippen molar-refractivity contribution in [1.29, 1.82) is 0 Å². The fraction of sp³-hybridized carbons (Fsp3) is 0.571. The van der Waals surface area contributed by atoms with Gasteiger partial charge in [-0.1, -0.05) is 6.92 Å². The standard InChI is InChI=1S/C14H24N2O3S/c1-5-14(4,6-7-17)16-20(18,19)13-10(2)8-12(15)9-11(13)3/h8-9,16-17H,5-7,15H2,1-4H3. The Morgan fingerprint density at radius 1 is 1.30 bits per heavy atom. The second-order valence-electron chi connectivity index (χ2n) is 5.48. The Bertz CT molecular complexity index is 561. The maximum absolute atomic E-state index is 12.6. The molecule has 0 aliphatic heterocycles. The van der Waals surface area contributed by atoms with Gasteiger partial charge in [-0.25, -0.2) is 13.1 Å². The van der Waals surface area contributed by atoms with Crippen molar-refractivity contribution >= 4 is 15.7 Å². The lowest BCUT2D eigenvalue weighted by Crippen LogP contribution is -2.46. The highest BCUT2D eigenvalue weighted by Gasteiger charge is 2.30. The van der Waals surface area contributed by atoms with Crippen LogP contribution in [0.1, 0.15) is 37.8 Å². The van der Waals surface area contributed by atoms with Gasteiger partial charge >= 0.3 is 0 Å². The first-order valence-electron chi connectivity index (χ1n) is 6.67. The van der Waals surface area contributed by atoms with Gasteiger partial charge < -0.3 is 10.8 Å². The number of anilines is 1. The van der Waals surface area contributed by atoms with Crippen LogP contribution in [0.15, 0.2) is 17.0 Å². The SMILES string of the molecule is CCC(C)(CCO)NS(=O)(=O)c1c(C)cc(N)cc1C. The molecule has 0 bridgehead atoms. The van der Waals surface area contributed by atoms with Gasteiger partial charge in [0.15, 0.2) is 0 Å². The van der Waals surface area contributed by atoms with E-state index in [0.717, 1.165) is 0 Å². The molecular weight excluding hydrogens is 276 g/mol. The second kappa shape index (κ2) is 6.11. The molecule has 6 heteroatoms. The largest absolute Gasteiger partial charge is 0.399 e. The molecular formula is C14H24N2O3S. The summed E-state index contributed by atoms with van der Waals surface area (Å²) in [5.74, 6) is 0. The fourth-order valence-electron chi connectivity index (χ4n) is 2.33. The molecule has 0 amide bonds. The number of nitrogen functional groups attached to an aromatic ring is 1. The summed E-state index contributed by atoms with van der Waals surface area (Å²) in [6.45, 7) is 7.08. The number of hydrogen-bond donors (Lipinski definition) is 3. The van der Waals surface area contributed by atoms with E-state index in [1.165, 1.54) is 0 Å². The molecule has 1 aromatic carbocycles. The van der Waals surface area contributed by atoms with E-state index in [9.17, 15) is 8.42 Å². The second-order valence-corrected chi connectivity index (χ2v) is 7.10. The van der Waals surface area contributed by atoms with Crippen LogP contribution in [-0.2, 0) is 10.0 Å². The van der Waals surface area contributed by atoms with Crippen LogP contribution in [0.25, 0.3) is 0 Å². The number of aliphatic hydroxyl groups is 1. The van der Waals surface area contributed by atoms with Gasteiger partial charge in [0.05, 0.1) is 4.90 Å². The first kappa shape index (κ1) is 16.9. The molecule has 0 aromatic heterocycles. The van der Waals surface area contributed by atoms with E-state index in [2.05, 4.69) is 4.72 Å². The molecule has 4 N–H and O–H groups in total. The Morgan fingerprint density at radius 3 is 2.20 bits per heavy atom. The Kier molecular flexibility index (Phi) is 5.18. The van der Waals surface area contributed by atoms with Crippen molar-refractivity contribution in [2.45, 2.75) is 51.0 Å². The van der Waals surface area contributed by atoms with Crippen molar-refractivity contribution in [3.05, 3.63) is 23.3 Å².